The van der Waals surface area contributed by atoms with Crippen LogP contribution in [0, 0.1) is 0 Å². The van der Waals surface area contributed by atoms with Gasteiger partial charge in [0.25, 0.3) is 0 Å². The van der Waals surface area contributed by atoms with Crippen molar-refractivity contribution in [3.05, 3.63) is 0 Å². The maximum absolute atomic E-state index is 5.13. The van der Waals surface area contributed by atoms with Crippen LogP contribution in [0.1, 0.15) is 41.5 Å². The summed E-state index contributed by atoms with van der Waals surface area (Å²) in [5, 5.41) is 0. The first-order chi connectivity index (χ1) is 5.12. The molecule has 0 aliphatic rings. The predicted octanol–water partition coefficient (Wildman–Crippen LogP) is 2.53. The fraction of sp³-hybridized carbons (Fsp3) is 1.00. The monoisotopic (exact) mass is 550 g/mol. The van der Waals surface area contributed by atoms with Crippen molar-refractivity contribution in [3.63, 3.8) is 0 Å². The average Bonchev–Trinajstić information content (AvgIpc) is 1.86. The van der Waals surface area contributed by atoms with E-state index in [1.807, 2.05) is 0 Å². The van der Waals surface area contributed by atoms with Gasteiger partial charge in [-0.2, -0.15) is 0 Å². The Hall–Kier alpha value is 1.79. The van der Waals surface area contributed by atoms with Gasteiger partial charge >= 0.3 is 111 Å². The van der Waals surface area contributed by atoms with Crippen LogP contribution in [-0.2, 0) is 58.4 Å². The molecule has 0 saturated heterocycles. The molecule has 12 heavy (non-hydrogen) atoms. The molecule has 0 unspecified atom stereocenters. The second-order valence-electron chi connectivity index (χ2n) is 4.51. The van der Waals surface area contributed by atoms with Crippen LogP contribution in [-0.4, -0.2) is 11.2 Å². The molecule has 0 saturated carbocycles. The zero-order chi connectivity index (χ0) is 10.4. The van der Waals surface area contributed by atoms with Crippen molar-refractivity contribution in [2.45, 2.75) is 52.7 Å². The summed E-state index contributed by atoms with van der Waals surface area (Å²) in [4.78, 5) is 0. The maximum atomic E-state index is 5.13. The zero-order valence-corrected chi connectivity index (χ0v) is 20.2. The Labute approximate surface area is 110 Å². The molecule has 0 aliphatic carbocycles. The van der Waals surface area contributed by atoms with Gasteiger partial charge in [-0.15, -0.1) is 0 Å². The first-order valence-corrected chi connectivity index (χ1v) is 8.47. The summed E-state index contributed by atoms with van der Waals surface area (Å²) in [7, 11) is 0. The van der Waals surface area contributed by atoms with Gasteiger partial charge in [-0.05, 0) is 0 Å². The van der Waals surface area contributed by atoms with Crippen LogP contribution < -0.4 is 0 Å². The first kappa shape index (κ1) is 16.2. The van der Waals surface area contributed by atoms with E-state index in [4.69, 9.17) is 5.29 Å². The van der Waals surface area contributed by atoms with Crippen molar-refractivity contribution in [1.82, 2.24) is 0 Å². The molecule has 0 aromatic carbocycles. The third-order valence-electron chi connectivity index (χ3n) is 0.866. The van der Waals surface area contributed by atoms with Crippen LogP contribution in [0.5, 0.6) is 0 Å². The Kier molecular flexibility index (Phi) is 9.64. The molecule has 66 valence electrons. The van der Waals surface area contributed by atoms with Crippen LogP contribution in [0.4, 0.5) is 0 Å². The van der Waals surface area contributed by atoms with E-state index >= 15 is 0 Å². The Balaban J connectivity index is 0. The Morgan fingerprint density at radius 3 is 0.750 bits per heavy atom. The third kappa shape index (κ3) is 22.6. The van der Waals surface area contributed by atoms with Crippen molar-refractivity contribution in [3.8, 4) is 0 Å². The average molecular weight is 547 g/mol. The summed E-state index contributed by atoms with van der Waals surface area (Å²) in [5.41, 5.74) is 0.256. The summed E-state index contributed by atoms with van der Waals surface area (Å²) in [6, 6.07) is 0. The fourth-order valence-electron chi connectivity index (χ4n) is 0. The van der Waals surface area contributed by atoms with E-state index in [2.05, 4.69) is 41.5 Å². The minimum atomic E-state index is 0.128. The molecular formula is C8H18Hg2O2. The van der Waals surface area contributed by atoms with E-state index in [1.54, 1.807) is 0 Å². The molecule has 0 aliphatic heterocycles. The van der Waals surface area contributed by atoms with Crippen molar-refractivity contribution < 1.29 is 58.4 Å². The van der Waals surface area contributed by atoms with Crippen molar-refractivity contribution in [1.29, 1.82) is 0 Å². The van der Waals surface area contributed by atoms with Crippen LogP contribution in [0.3, 0.4) is 0 Å². The number of hydrogen-bond acceptors (Lipinski definition) is 2. The van der Waals surface area contributed by atoms with E-state index in [0.29, 0.717) is 53.2 Å². The molecule has 4 heteroatoms. The van der Waals surface area contributed by atoms with Gasteiger partial charge in [0, 0.05) is 0 Å². The molecule has 0 N–H and O–H groups in total. The van der Waals surface area contributed by atoms with E-state index in [1.165, 1.54) is 0 Å². The summed E-state index contributed by atoms with van der Waals surface area (Å²) >= 11 is 1.01. The SMILES string of the molecule is CC(C)(C)[O][Hg].CC(C)(C)[O][Hg]. The Morgan fingerprint density at radius 2 is 0.750 bits per heavy atom. The van der Waals surface area contributed by atoms with Gasteiger partial charge in [0.1, 0.15) is 0 Å². The van der Waals surface area contributed by atoms with Crippen LogP contribution in [0.25, 0.3) is 0 Å². The van der Waals surface area contributed by atoms with Crippen LogP contribution in [0.2, 0.25) is 0 Å². The molecule has 0 rings (SSSR count). The molecular weight excluding hydrogens is 529 g/mol. The standard InChI is InChI=1S/2C4H9O.2Hg/c2*1-4(2,3)5;;/h2*1-3H3;;/q2*-1;2*+1. The molecule has 0 radical (unpaired) electrons. The third-order valence-corrected chi connectivity index (χ3v) is 7.60. The second kappa shape index (κ2) is 7.13. The topological polar surface area (TPSA) is 18.5 Å². The van der Waals surface area contributed by atoms with Gasteiger partial charge in [-0.3, -0.25) is 0 Å². The normalized spacial score (nSPS) is 12.2. The van der Waals surface area contributed by atoms with Gasteiger partial charge in [0.05, 0.1) is 0 Å². The Bertz CT molecular complexity index is 88.6. The van der Waals surface area contributed by atoms with Crippen molar-refractivity contribution in [2.75, 3.05) is 0 Å². The number of rotatable bonds is 0. The molecule has 0 aromatic heterocycles. The first-order valence-electron chi connectivity index (χ1n) is 3.99. The quantitative estimate of drug-likeness (QED) is 0.435. The van der Waals surface area contributed by atoms with Gasteiger partial charge in [0.15, 0.2) is 0 Å². The second-order valence-corrected chi connectivity index (χ2v) is 6.76. The fourth-order valence-corrected chi connectivity index (χ4v) is 0. The number of hydrogen-bond donors (Lipinski definition) is 0. The Morgan fingerprint density at radius 1 is 0.667 bits per heavy atom. The van der Waals surface area contributed by atoms with Crippen LogP contribution >= 0.6 is 0 Å². The van der Waals surface area contributed by atoms with E-state index in [0.717, 1.165) is 0 Å². The minimum absolute atomic E-state index is 0.128. The molecule has 0 spiro atoms. The van der Waals surface area contributed by atoms with Gasteiger partial charge < -0.3 is 0 Å². The van der Waals surface area contributed by atoms with Crippen molar-refractivity contribution in [2.24, 2.45) is 0 Å². The van der Waals surface area contributed by atoms with Crippen molar-refractivity contribution >= 4 is 0 Å². The van der Waals surface area contributed by atoms with Gasteiger partial charge in [-0.25, -0.2) is 0 Å². The van der Waals surface area contributed by atoms with E-state index in [-0.39, 0.29) is 11.2 Å². The van der Waals surface area contributed by atoms with Crippen LogP contribution in [0.15, 0.2) is 0 Å². The summed E-state index contributed by atoms with van der Waals surface area (Å²) in [6.45, 7) is 12.4. The molecule has 0 aromatic rings. The molecule has 0 atom stereocenters. The predicted molar refractivity (Wildman–Crippen MR) is 41.7 cm³/mol. The molecule has 2 nitrogen and oxygen atoms in total. The molecule has 0 heterocycles. The zero-order valence-electron chi connectivity index (χ0n) is 9.23. The van der Waals surface area contributed by atoms with Gasteiger partial charge in [0.2, 0.25) is 0 Å². The molecule has 0 amide bonds. The van der Waals surface area contributed by atoms with Gasteiger partial charge in [-0.1, -0.05) is 0 Å². The molecule has 0 bridgehead atoms. The van der Waals surface area contributed by atoms with E-state index in [9.17, 15) is 0 Å². The van der Waals surface area contributed by atoms with E-state index < -0.39 is 0 Å². The summed E-state index contributed by atoms with van der Waals surface area (Å²) in [5.74, 6) is 0. The summed E-state index contributed by atoms with van der Waals surface area (Å²) in [6.07, 6.45) is 0. The summed E-state index contributed by atoms with van der Waals surface area (Å²) < 4.78 is 10.3. The molecule has 0 fully saturated rings.